The molecule has 5 heterocycles. The predicted octanol–water partition coefficient (Wildman–Crippen LogP) is 5.80. The average Bonchev–Trinajstić information content (AvgIpc) is 3.74. The Labute approximate surface area is 275 Å². The van der Waals surface area contributed by atoms with Gasteiger partial charge in [-0.3, -0.25) is 14.9 Å². The van der Waals surface area contributed by atoms with Gasteiger partial charge in [-0.05, 0) is 87.2 Å². The summed E-state index contributed by atoms with van der Waals surface area (Å²) < 4.78 is 41.0. The summed E-state index contributed by atoms with van der Waals surface area (Å²) in [4.78, 5) is 48.0. The molecule has 3 fully saturated rings. The second kappa shape index (κ2) is 13.6. The molecule has 4 amide bonds. The van der Waals surface area contributed by atoms with Crippen molar-refractivity contribution in [1.29, 1.82) is 0 Å². The van der Waals surface area contributed by atoms with Crippen LogP contribution >= 0.6 is 22.9 Å². The zero-order valence-electron chi connectivity index (χ0n) is 25.5. The summed E-state index contributed by atoms with van der Waals surface area (Å²) in [5.74, 6) is -2.44. The van der Waals surface area contributed by atoms with Crippen LogP contribution in [0.5, 0.6) is 5.75 Å². The molecular formula is C32H39ClF3N5O4S. The zero-order chi connectivity index (χ0) is 32.6. The molecule has 2 N–H and O–H groups in total. The number of aromatic hydroxyl groups is 1. The van der Waals surface area contributed by atoms with Crippen molar-refractivity contribution in [2.75, 3.05) is 44.6 Å². The number of hydrogen-bond acceptors (Lipinski definition) is 6. The van der Waals surface area contributed by atoms with Crippen LogP contribution in [-0.2, 0) is 28.7 Å². The first-order valence-corrected chi connectivity index (χ1v) is 17.3. The summed E-state index contributed by atoms with van der Waals surface area (Å²) in [7, 11) is 0. The van der Waals surface area contributed by atoms with Gasteiger partial charge in [0.05, 0.1) is 23.0 Å². The van der Waals surface area contributed by atoms with Crippen LogP contribution in [0, 0.1) is 5.92 Å². The van der Waals surface area contributed by atoms with Crippen LogP contribution in [0.4, 0.5) is 23.0 Å². The molecule has 1 aromatic carbocycles. The van der Waals surface area contributed by atoms with Crippen LogP contribution in [-0.4, -0.2) is 93.9 Å². The molecule has 250 valence electrons. The van der Waals surface area contributed by atoms with Gasteiger partial charge in [0, 0.05) is 50.2 Å². The first kappa shape index (κ1) is 32.9. The fourth-order valence-corrected chi connectivity index (χ4v) is 8.43. The van der Waals surface area contributed by atoms with E-state index in [1.165, 1.54) is 30.2 Å². The number of benzene rings is 1. The smallest absolute Gasteiger partial charge is 0.420 e. The minimum atomic E-state index is -4.84. The Balaban J connectivity index is 1.13. The Kier molecular flexibility index (Phi) is 9.73. The Hall–Kier alpha value is -3.03. The number of urea groups is 1. The molecule has 9 nitrogen and oxygen atoms in total. The number of carbonyl (C=O) groups excluding carboxylic acids is 3. The van der Waals surface area contributed by atoms with Crippen molar-refractivity contribution in [3.05, 3.63) is 45.3 Å². The first-order valence-electron chi connectivity index (χ1n) is 16.0. The normalized spacial score (nSPS) is 21.0. The second-order valence-electron chi connectivity index (χ2n) is 12.8. The Morgan fingerprint density at radius 2 is 1.65 bits per heavy atom. The lowest BCUT2D eigenvalue weighted by molar-refractivity contribution is -0.143. The van der Waals surface area contributed by atoms with E-state index >= 15 is 0 Å². The Morgan fingerprint density at radius 3 is 2.33 bits per heavy atom. The Morgan fingerprint density at radius 1 is 1.00 bits per heavy atom. The number of piperidine rings is 2. The van der Waals surface area contributed by atoms with E-state index in [4.69, 9.17) is 11.6 Å². The highest BCUT2D eigenvalue weighted by molar-refractivity contribution is 7.14. The summed E-state index contributed by atoms with van der Waals surface area (Å²) in [5.41, 5.74) is -0.0647. The van der Waals surface area contributed by atoms with Gasteiger partial charge in [-0.25, -0.2) is 4.79 Å². The molecule has 4 aliphatic rings. The number of fused-ring (bicyclic) bond motifs is 1. The van der Waals surface area contributed by atoms with Crippen LogP contribution in [0.2, 0.25) is 5.02 Å². The van der Waals surface area contributed by atoms with Crippen molar-refractivity contribution in [3.8, 4) is 5.75 Å². The molecule has 0 aliphatic carbocycles. The zero-order valence-corrected chi connectivity index (χ0v) is 27.1. The third-order valence-electron chi connectivity index (χ3n) is 9.94. The quantitative estimate of drug-likeness (QED) is 0.385. The lowest BCUT2D eigenvalue weighted by Crippen LogP contribution is -2.51. The van der Waals surface area contributed by atoms with E-state index in [2.05, 4.69) is 10.2 Å². The van der Waals surface area contributed by atoms with Crippen LogP contribution in [0.15, 0.2) is 23.6 Å². The number of phenols is 1. The summed E-state index contributed by atoms with van der Waals surface area (Å²) in [5, 5.41) is 15.3. The third-order valence-corrected chi connectivity index (χ3v) is 11.1. The van der Waals surface area contributed by atoms with E-state index in [9.17, 15) is 32.7 Å². The monoisotopic (exact) mass is 681 g/mol. The summed E-state index contributed by atoms with van der Waals surface area (Å²) in [6, 6.07) is 4.28. The second-order valence-corrected chi connectivity index (χ2v) is 14.1. The molecular weight excluding hydrogens is 643 g/mol. The van der Waals surface area contributed by atoms with E-state index in [0.29, 0.717) is 51.6 Å². The number of hydrogen-bond donors (Lipinski definition) is 2. The van der Waals surface area contributed by atoms with Gasteiger partial charge in [0.1, 0.15) is 10.8 Å². The number of amides is 4. The van der Waals surface area contributed by atoms with E-state index in [1.807, 2.05) is 16.3 Å². The lowest BCUT2D eigenvalue weighted by atomic mass is 9.91. The number of thiophene rings is 1. The number of likely N-dealkylation sites (tertiary alicyclic amines) is 3. The highest BCUT2D eigenvalue weighted by atomic mass is 35.5. The van der Waals surface area contributed by atoms with Crippen LogP contribution in [0.1, 0.15) is 61.6 Å². The summed E-state index contributed by atoms with van der Waals surface area (Å²) in [6.07, 6.45) is 0.0583. The van der Waals surface area contributed by atoms with Gasteiger partial charge in [0.25, 0.3) is 0 Å². The SMILES string of the molecule is O=C(CC(Cc1cc(Cl)c(O)c(C(F)(F)F)c1)C(=O)N1CCC(N2CCCC2)CC1)N1CCC(N2Cc3ccsc3NC2=O)CC1. The number of anilines is 1. The molecule has 4 aliphatic heterocycles. The average molecular weight is 682 g/mol. The molecule has 14 heteroatoms. The molecule has 46 heavy (non-hydrogen) atoms. The number of rotatable bonds is 7. The number of halogens is 4. The summed E-state index contributed by atoms with van der Waals surface area (Å²) in [6.45, 7) is 4.53. The number of phenolic OH excluding ortho intramolecular Hbond substituents is 1. The molecule has 1 atom stereocenters. The van der Waals surface area contributed by atoms with Crippen molar-refractivity contribution in [2.45, 2.75) is 76.2 Å². The first-order chi connectivity index (χ1) is 22.0. The molecule has 0 spiro atoms. The maximum Gasteiger partial charge on any atom is 0.420 e. The molecule has 1 unspecified atom stereocenters. The standard InChI is InChI=1S/C32H39ClF3N5O4S/c33-26-17-20(16-25(28(26)43)32(34,35)36)15-22(30(44)40-12-3-23(4-13-40)38-8-1-2-9-38)18-27(42)39-10-5-24(6-11-39)41-19-21-7-14-46-29(21)37-31(41)45/h7,14,16-17,22-24,43H,1-6,8-13,15,18-19H2,(H,37,45). The summed E-state index contributed by atoms with van der Waals surface area (Å²) >= 11 is 7.48. The minimum Gasteiger partial charge on any atom is -0.506 e. The minimum absolute atomic E-state index is 0.0358. The van der Waals surface area contributed by atoms with Crippen molar-refractivity contribution >= 4 is 45.8 Å². The Bertz CT molecular complexity index is 1450. The highest BCUT2D eigenvalue weighted by Crippen LogP contribution is 2.41. The largest absolute Gasteiger partial charge is 0.506 e. The fourth-order valence-electron chi connectivity index (χ4n) is 7.39. The highest BCUT2D eigenvalue weighted by Gasteiger charge is 2.38. The molecule has 0 saturated carbocycles. The lowest BCUT2D eigenvalue weighted by Gasteiger charge is -2.40. The van der Waals surface area contributed by atoms with Gasteiger partial charge in [-0.15, -0.1) is 11.3 Å². The number of nitrogens with one attached hydrogen (secondary N) is 1. The van der Waals surface area contributed by atoms with E-state index in [0.717, 1.165) is 42.6 Å². The molecule has 6 rings (SSSR count). The molecule has 2 aromatic rings. The van der Waals surface area contributed by atoms with Crippen LogP contribution < -0.4 is 5.32 Å². The van der Waals surface area contributed by atoms with E-state index in [-0.39, 0.29) is 42.3 Å². The molecule has 0 radical (unpaired) electrons. The van der Waals surface area contributed by atoms with Crippen molar-refractivity contribution in [1.82, 2.24) is 19.6 Å². The third kappa shape index (κ3) is 7.11. The van der Waals surface area contributed by atoms with Crippen molar-refractivity contribution < 1.29 is 32.7 Å². The molecule has 1 aromatic heterocycles. The van der Waals surface area contributed by atoms with Crippen molar-refractivity contribution in [2.24, 2.45) is 5.92 Å². The number of nitrogens with zero attached hydrogens (tertiary/aromatic N) is 4. The van der Waals surface area contributed by atoms with Crippen LogP contribution in [0.3, 0.4) is 0 Å². The predicted molar refractivity (Wildman–Crippen MR) is 169 cm³/mol. The van der Waals surface area contributed by atoms with Gasteiger partial charge in [0.2, 0.25) is 11.8 Å². The van der Waals surface area contributed by atoms with Crippen molar-refractivity contribution in [3.63, 3.8) is 0 Å². The van der Waals surface area contributed by atoms with Gasteiger partial charge < -0.3 is 24.7 Å². The molecule has 3 saturated heterocycles. The van der Waals surface area contributed by atoms with Gasteiger partial charge in [-0.2, -0.15) is 13.2 Å². The fraction of sp³-hybridized carbons (Fsp3) is 0.594. The van der Waals surface area contributed by atoms with E-state index in [1.54, 1.807) is 9.80 Å². The van der Waals surface area contributed by atoms with Crippen LogP contribution in [0.25, 0.3) is 0 Å². The van der Waals surface area contributed by atoms with E-state index < -0.39 is 28.4 Å². The topological polar surface area (TPSA) is 96.4 Å². The van der Waals surface area contributed by atoms with Gasteiger partial charge in [-0.1, -0.05) is 11.6 Å². The maximum absolute atomic E-state index is 13.9. The molecule has 0 bridgehead atoms. The van der Waals surface area contributed by atoms with Gasteiger partial charge in [0.15, 0.2) is 0 Å². The van der Waals surface area contributed by atoms with Gasteiger partial charge >= 0.3 is 12.2 Å². The number of carbonyl (C=O) groups is 3. The maximum atomic E-state index is 13.9. The number of alkyl halides is 3.